The molecule has 0 aromatic carbocycles. The molecule has 0 radical (unpaired) electrons. The van der Waals surface area contributed by atoms with E-state index in [2.05, 4.69) is 4.98 Å². The van der Waals surface area contributed by atoms with Crippen LogP contribution in [0.25, 0.3) is 5.76 Å². The van der Waals surface area contributed by atoms with Gasteiger partial charge in [-0.15, -0.1) is 0 Å². The van der Waals surface area contributed by atoms with Crippen molar-refractivity contribution in [3.05, 3.63) is 34.7 Å². The van der Waals surface area contributed by atoms with Crippen molar-refractivity contribution in [1.29, 1.82) is 0 Å². The van der Waals surface area contributed by atoms with Crippen molar-refractivity contribution in [1.82, 2.24) is 4.98 Å². The van der Waals surface area contributed by atoms with Gasteiger partial charge in [-0.05, 0) is 37.8 Å². The summed E-state index contributed by atoms with van der Waals surface area (Å²) in [5.41, 5.74) is -1.77. The number of Topliss-reactive ketones (excluding diaryl/α,β-unsaturated/α-hetero) is 2. The number of hydrogen-bond donors (Lipinski definition) is 1. The summed E-state index contributed by atoms with van der Waals surface area (Å²) in [5.74, 6) is -2.19. The number of pyridine rings is 1. The Morgan fingerprint density at radius 3 is 2.33 bits per heavy atom. The van der Waals surface area contributed by atoms with Gasteiger partial charge in [0.1, 0.15) is 17.0 Å². The van der Waals surface area contributed by atoms with Gasteiger partial charge in [-0.3, -0.25) is 9.59 Å². The number of aliphatic hydroxyl groups is 1. The van der Waals surface area contributed by atoms with Gasteiger partial charge in [-0.25, -0.2) is 4.98 Å². The van der Waals surface area contributed by atoms with E-state index in [1.54, 1.807) is 0 Å². The molecule has 0 saturated heterocycles. The van der Waals surface area contributed by atoms with Crippen LogP contribution in [0, 0.1) is 11.8 Å². The predicted octanol–water partition coefficient (Wildman–Crippen LogP) is 3.88. The maximum atomic E-state index is 13.1. The minimum atomic E-state index is -4.68. The zero-order chi connectivity index (χ0) is 21.9. The summed E-state index contributed by atoms with van der Waals surface area (Å²) in [5, 5.41) is 10.7. The Balaban J connectivity index is 1.90. The highest BCUT2D eigenvalue weighted by Crippen LogP contribution is 2.42. The smallest absolute Gasteiger partial charge is 0.433 e. The number of carbonyl (C=O) groups is 2. The SMILES string of the molecule is CCCOCCOCc1nc(C(F)(F)F)ccc1C(O)=C1C(=O)C2CCC(C2)C1=O. The molecule has 0 aliphatic heterocycles. The Labute approximate surface area is 172 Å². The third-order valence-corrected chi connectivity index (χ3v) is 5.38. The van der Waals surface area contributed by atoms with Gasteiger partial charge in [0.2, 0.25) is 0 Å². The first-order valence-corrected chi connectivity index (χ1v) is 9.98. The number of aromatic nitrogens is 1. The number of rotatable bonds is 8. The number of carbonyl (C=O) groups excluding carboxylic acids is 2. The second-order valence-electron chi connectivity index (χ2n) is 7.51. The lowest BCUT2D eigenvalue weighted by atomic mass is 9.81. The second-order valence-corrected chi connectivity index (χ2v) is 7.51. The number of ketones is 2. The fourth-order valence-corrected chi connectivity index (χ4v) is 3.87. The summed E-state index contributed by atoms with van der Waals surface area (Å²) in [4.78, 5) is 28.8. The Morgan fingerprint density at radius 2 is 1.73 bits per heavy atom. The first-order valence-electron chi connectivity index (χ1n) is 9.98. The quantitative estimate of drug-likeness (QED) is 0.293. The zero-order valence-electron chi connectivity index (χ0n) is 16.6. The fraction of sp³-hybridized carbons (Fsp3) is 0.571. The normalized spacial score (nSPS) is 21.4. The minimum Gasteiger partial charge on any atom is -0.506 e. The number of allylic oxidation sites excluding steroid dienone is 1. The van der Waals surface area contributed by atoms with Gasteiger partial charge in [-0.2, -0.15) is 13.2 Å². The van der Waals surface area contributed by atoms with E-state index in [1.807, 2.05) is 6.92 Å². The molecular formula is C21H24F3NO5. The van der Waals surface area contributed by atoms with Crippen LogP contribution in [0.4, 0.5) is 13.2 Å². The third-order valence-electron chi connectivity index (χ3n) is 5.38. The highest BCUT2D eigenvalue weighted by atomic mass is 19.4. The molecule has 0 amide bonds. The molecule has 1 N–H and O–H groups in total. The molecule has 2 bridgehead atoms. The molecular weight excluding hydrogens is 403 g/mol. The molecule has 2 aliphatic carbocycles. The Kier molecular flexibility index (Phi) is 6.92. The van der Waals surface area contributed by atoms with Crippen LogP contribution in [-0.2, 0) is 31.8 Å². The van der Waals surface area contributed by atoms with Crippen LogP contribution in [-0.4, -0.2) is 41.5 Å². The van der Waals surface area contributed by atoms with Gasteiger partial charge >= 0.3 is 6.18 Å². The van der Waals surface area contributed by atoms with Crippen LogP contribution >= 0.6 is 0 Å². The first kappa shape index (κ1) is 22.4. The van der Waals surface area contributed by atoms with Crippen LogP contribution in [0.5, 0.6) is 0 Å². The van der Waals surface area contributed by atoms with Gasteiger partial charge < -0.3 is 14.6 Å². The molecule has 2 atom stereocenters. The van der Waals surface area contributed by atoms with Crippen molar-refractivity contribution in [3.63, 3.8) is 0 Å². The highest BCUT2D eigenvalue weighted by molar-refractivity contribution is 6.27. The van der Waals surface area contributed by atoms with Crippen LogP contribution in [0.3, 0.4) is 0 Å². The van der Waals surface area contributed by atoms with Crippen LogP contribution in [0.15, 0.2) is 17.7 Å². The summed E-state index contributed by atoms with van der Waals surface area (Å²) >= 11 is 0. The van der Waals surface area contributed by atoms with Crippen LogP contribution < -0.4 is 0 Å². The van der Waals surface area contributed by atoms with E-state index in [1.165, 1.54) is 0 Å². The minimum absolute atomic E-state index is 0.101. The largest absolute Gasteiger partial charge is 0.506 e. The maximum Gasteiger partial charge on any atom is 0.433 e. The summed E-state index contributed by atoms with van der Waals surface area (Å²) in [6, 6.07) is 1.74. The van der Waals surface area contributed by atoms with Crippen LogP contribution in [0.1, 0.15) is 49.6 Å². The topological polar surface area (TPSA) is 85.7 Å². The van der Waals surface area contributed by atoms with Gasteiger partial charge in [-0.1, -0.05) is 6.92 Å². The standard InChI is InChI=1S/C21H24F3NO5/c1-2-7-29-8-9-30-11-15-14(5-6-16(25-15)21(22,23)24)20(28)17-18(26)12-3-4-13(10-12)19(17)27/h5-6,12-13,28H,2-4,7-11H2,1H3. The van der Waals surface area contributed by atoms with E-state index in [4.69, 9.17) is 9.47 Å². The molecule has 6 nitrogen and oxygen atoms in total. The maximum absolute atomic E-state index is 13.1. The third kappa shape index (κ3) is 4.73. The van der Waals surface area contributed by atoms with E-state index in [0.29, 0.717) is 31.9 Å². The van der Waals surface area contributed by atoms with Crippen LogP contribution in [0.2, 0.25) is 0 Å². The molecule has 0 spiro atoms. The van der Waals surface area contributed by atoms with Crippen molar-refractivity contribution in [2.75, 3.05) is 19.8 Å². The molecule has 9 heteroatoms. The van der Waals surface area contributed by atoms with Gasteiger partial charge in [0.15, 0.2) is 11.6 Å². The monoisotopic (exact) mass is 427 g/mol. The summed E-state index contributed by atoms with van der Waals surface area (Å²) in [6.07, 6.45) is -2.25. The molecule has 2 saturated carbocycles. The zero-order valence-corrected chi connectivity index (χ0v) is 16.6. The number of aliphatic hydroxyl groups excluding tert-OH is 1. The lowest BCUT2D eigenvalue weighted by Gasteiger charge is -2.21. The van der Waals surface area contributed by atoms with Crippen molar-refractivity contribution < 1.29 is 37.3 Å². The van der Waals surface area contributed by atoms with Crippen molar-refractivity contribution in [2.24, 2.45) is 11.8 Å². The number of ether oxygens (including phenoxy) is 2. The average molecular weight is 427 g/mol. The van der Waals surface area contributed by atoms with E-state index in [9.17, 15) is 27.9 Å². The highest BCUT2D eigenvalue weighted by Gasteiger charge is 2.45. The number of fused-ring (bicyclic) bond motifs is 2. The van der Waals surface area contributed by atoms with Gasteiger partial charge in [0, 0.05) is 24.0 Å². The van der Waals surface area contributed by atoms with Crippen molar-refractivity contribution >= 4 is 17.3 Å². The molecule has 1 aromatic rings. The van der Waals surface area contributed by atoms with E-state index >= 15 is 0 Å². The molecule has 1 aromatic heterocycles. The molecule has 30 heavy (non-hydrogen) atoms. The molecule has 164 valence electrons. The molecule has 1 heterocycles. The number of nitrogens with zero attached hydrogens (tertiary/aromatic N) is 1. The summed E-state index contributed by atoms with van der Waals surface area (Å²) < 4.78 is 50.0. The second kappa shape index (κ2) is 9.26. The number of hydrogen-bond acceptors (Lipinski definition) is 6. The number of halogens is 3. The van der Waals surface area contributed by atoms with Gasteiger partial charge in [0.05, 0.1) is 25.5 Å². The van der Waals surface area contributed by atoms with E-state index in [0.717, 1.165) is 12.5 Å². The lowest BCUT2D eigenvalue weighted by Crippen LogP contribution is -2.30. The van der Waals surface area contributed by atoms with Crippen molar-refractivity contribution in [2.45, 2.75) is 45.4 Å². The lowest BCUT2D eigenvalue weighted by molar-refractivity contribution is -0.141. The van der Waals surface area contributed by atoms with E-state index < -0.39 is 29.2 Å². The summed E-state index contributed by atoms with van der Waals surface area (Å²) in [6.45, 7) is 2.53. The Hall–Kier alpha value is -2.26. The predicted molar refractivity (Wildman–Crippen MR) is 100 cm³/mol. The number of alkyl halides is 3. The Bertz CT molecular complexity index is 826. The molecule has 2 aliphatic rings. The molecule has 3 rings (SSSR count). The van der Waals surface area contributed by atoms with Crippen molar-refractivity contribution in [3.8, 4) is 0 Å². The fourth-order valence-electron chi connectivity index (χ4n) is 3.87. The Morgan fingerprint density at radius 1 is 1.10 bits per heavy atom. The average Bonchev–Trinajstić information content (AvgIpc) is 3.15. The van der Waals surface area contributed by atoms with Gasteiger partial charge in [0.25, 0.3) is 0 Å². The first-order chi connectivity index (χ1) is 14.2. The summed E-state index contributed by atoms with van der Waals surface area (Å²) in [7, 11) is 0. The van der Waals surface area contributed by atoms with E-state index in [-0.39, 0.29) is 48.5 Å². The molecule has 2 unspecified atom stereocenters. The molecule has 2 fully saturated rings.